The summed E-state index contributed by atoms with van der Waals surface area (Å²) in [6.45, 7) is 6.30. The highest BCUT2D eigenvalue weighted by molar-refractivity contribution is 8.00. The molecule has 2 aromatic rings. The minimum absolute atomic E-state index is 0.0306. The number of amides is 1. The quantitative estimate of drug-likeness (QED) is 0.122. The van der Waals surface area contributed by atoms with Crippen LogP contribution in [0.25, 0.3) is 0 Å². The summed E-state index contributed by atoms with van der Waals surface area (Å²) in [6, 6.07) is 13.6. The van der Waals surface area contributed by atoms with Crippen molar-refractivity contribution in [3.05, 3.63) is 48.5 Å². The molecule has 2 unspecified atom stereocenters. The highest BCUT2D eigenvalue weighted by Crippen LogP contribution is 2.29. The summed E-state index contributed by atoms with van der Waals surface area (Å²) in [5.74, 6) is 0.331. The highest BCUT2D eigenvalue weighted by Gasteiger charge is 2.33. The molecule has 1 amide bonds. The van der Waals surface area contributed by atoms with Crippen molar-refractivity contribution >= 4 is 33.5 Å². The number of rotatable bonds is 15. The van der Waals surface area contributed by atoms with Crippen LogP contribution in [0, 0.1) is 0 Å². The molecule has 0 aliphatic carbocycles. The number of carbonyl (C=O) groups is 2. The second-order valence-corrected chi connectivity index (χ2v) is 11.9. The number of thioether (sulfide) groups is 1. The smallest absolute Gasteiger partial charge is 0.319 e. The van der Waals surface area contributed by atoms with Gasteiger partial charge in [-0.05, 0) is 68.3 Å². The van der Waals surface area contributed by atoms with Gasteiger partial charge in [0.1, 0.15) is 22.0 Å². The zero-order valence-electron chi connectivity index (χ0n) is 23.3. The standard InChI is InChI=1S/C15H22O3S.C13H19NO5S/c1-4-6-7-14(15(16)18-5-2)19-13-10-8-12(17-3)9-11-13;1-3-4-5-12(13(15)14-16)20(17,18)11-8-6-10(19-2)7-9-11/h8-11,14H,4-7H2,1-3H3;6-9,12,16H,3-5H2,1-2H3,(H,14,15). The van der Waals surface area contributed by atoms with E-state index < -0.39 is 21.0 Å². The molecule has 39 heavy (non-hydrogen) atoms. The van der Waals surface area contributed by atoms with Gasteiger partial charge in [-0.1, -0.05) is 39.5 Å². The summed E-state index contributed by atoms with van der Waals surface area (Å²) >= 11 is 1.57. The number of esters is 1. The van der Waals surface area contributed by atoms with E-state index in [1.54, 1.807) is 18.9 Å². The lowest BCUT2D eigenvalue weighted by Crippen LogP contribution is -2.38. The normalized spacial score (nSPS) is 12.4. The minimum atomic E-state index is -3.84. The Morgan fingerprint density at radius 2 is 1.38 bits per heavy atom. The lowest BCUT2D eigenvalue weighted by atomic mass is 10.2. The van der Waals surface area contributed by atoms with E-state index in [2.05, 4.69) is 6.92 Å². The third-order valence-electron chi connectivity index (χ3n) is 5.69. The molecule has 0 aliphatic rings. The monoisotopic (exact) mass is 583 g/mol. The Morgan fingerprint density at radius 1 is 0.872 bits per heavy atom. The molecule has 9 nitrogen and oxygen atoms in total. The van der Waals surface area contributed by atoms with Crippen molar-refractivity contribution in [1.82, 2.24) is 5.48 Å². The summed E-state index contributed by atoms with van der Waals surface area (Å²) in [5.41, 5.74) is 1.43. The van der Waals surface area contributed by atoms with E-state index in [9.17, 15) is 18.0 Å². The summed E-state index contributed by atoms with van der Waals surface area (Å²) in [4.78, 5) is 24.6. The molecule has 0 bridgehead atoms. The number of hydrogen-bond donors (Lipinski definition) is 2. The third kappa shape index (κ3) is 11.5. The van der Waals surface area contributed by atoms with Gasteiger partial charge in [0.05, 0.1) is 25.7 Å². The maximum Gasteiger partial charge on any atom is 0.319 e. The fraction of sp³-hybridized carbons (Fsp3) is 0.500. The van der Waals surface area contributed by atoms with Crippen LogP contribution in [0.1, 0.15) is 59.3 Å². The van der Waals surface area contributed by atoms with Crippen LogP contribution in [0.5, 0.6) is 11.5 Å². The summed E-state index contributed by atoms with van der Waals surface area (Å²) in [5, 5.41) is 7.30. The fourth-order valence-electron chi connectivity index (χ4n) is 3.49. The first-order valence-corrected chi connectivity index (χ1v) is 15.4. The van der Waals surface area contributed by atoms with Crippen molar-refractivity contribution in [3.8, 4) is 11.5 Å². The van der Waals surface area contributed by atoms with Gasteiger partial charge in [-0.2, -0.15) is 0 Å². The van der Waals surface area contributed by atoms with Crippen molar-refractivity contribution in [1.29, 1.82) is 0 Å². The van der Waals surface area contributed by atoms with E-state index in [4.69, 9.17) is 19.4 Å². The van der Waals surface area contributed by atoms with Crippen molar-refractivity contribution in [3.63, 3.8) is 0 Å². The van der Waals surface area contributed by atoms with Crippen LogP contribution >= 0.6 is 11.8 Å². The molecule has 0 aliphatic heterocycles. The van der Waals surface area contributed by atoms with Crippen molar-refractivity contribution < 1.29 is 37.4 Å². The zero-order chi connectivity index (χ0) is 29.3. The van der Waals surface area contributed by atoms with E-state index >= 15 is 0 Å². The van der Waals surface area contributed by atoms with Crippen LogP contribution in [0.2, 0.25) is 0 Å². The molecule has 2 aromatic carbocycles. The number of hydrogen-bond acceptors (Lipinski definition) is 9. The van der Waals surface area contributed by atoms with Crippen molar-refractivity contribution in [2.45, 2.75) is 79.6 Å². The summed E-state index contributed by atoms with van der Waals surface area (Å²) < 4.78 is 40.1. The molecule has 2 atom stereocenters. The van der Waals surface area contributed by atoms with Gasteiger partial charge < -0.3 is 14.2 Å². The van der Waals surface area contributed by atoms with Crippen LogP contribution in [-0.2, 0) is 24.2 Å². The SMILES string of the molecule is CCCCC(C(=O)NO)S(=O)(=O)c1ccc(OC)cc1.CCCCC(Sc1ccc(OC)cc1)C(=O)OCC. The van der Waals surface area contributed by atoms with Gasteiger partial charge in [0.15, 0.2) is 9.84 Å². The second kappa shape index (κ2) is 18.5. The molecule has 218 valence electrons. The molecule has 0 aromatic heterocycles. The Bertz CT molecular complexity index is 1090. The van der Waals surface area contributed by atoms with Gasteiger partial charge in [0, 0.05) is 4.90 Å². The Hall–Kier alpha value is -2.76. The van der Waals surface area contributed by atoms with Gasteiger partial charge >= 0.3 is 5.97 Å². The number of methoxy groups -OCH3 is 2. The Kier molecular flexibility index (Phi) is 16.3. The van der Waals surface area contributed by atoms with Crippen LogP contribution < -0.4 is 15.0 Å². The van der Waals surface area contributed by atoms with Crippen LogP contribution in [-0.4, -0.2) is 56.8 Å². The van der Waals surface area contributed by atoms with Crippen molar-refractivity contribution in [2.24, 2.45) is 0 Å². The molecule has 11 heteroatoms. The van der Waals surface area contributed by atoms with Crippen LogP contribution in [0.15, 0.2) is 58.3 Å². The van der Waals surface area contributed by atoms with E-state index in [1.807, 2.05) is 38.1 Å². The first-order chi connectivity index (χ1) is 18.7. The Morgan fingerprint density at radius 3 is 1.85 bits per heavy atom. The molecule has 2 rings (SSSR count). The van der Waals surface area contributed by atoms with Gasteiger partial charge in [-0.15, -0.1) is 11.8 Å². The fourth-order valence-corrected chi connectivity index (χ4v) is 6.21. The second-order valence-electron chi connectivity index (χ2n) is 8.50. The molecular formula is C28H41NO8S2. The molecule has 0 saturated carbocycles. The number of sulfone groups is 1. The Balaban J connectivity index is 0.000000391. The number of ether oxygens (including phenoxy) is 3. The maximum absolute atomic E-state index is 12.4. The molecule has 0 radical (unpaired) electrons. The number of unbranched alkanes of at least 4 members (excludes halogenated alkanes) is 2. The van der Waals surface area contributed by atoms with Gasteiger partial charge in [0.25, 0.3) is 5.91 Å². The molecule has 0 spiro atoms. The molecule has 0 saturated heterocycles. The molecule has 2 N–H and O–H groups in total. The van der Waals surface area contributed by atoms with E-state index in [1.165, 1.54) is 36.9 Å². The number of nitrogens with one attached hydrogen (secondary N) is 1. The number of hydroxylamine groups is 1. The zero-order valence-corrected chi connectivity index (χ0v) is 25.0. The first-order valence-electron chi connectivity index (χ1n) is 13.0. The van der Waals surface area contributed by atoms with Gasteiger partial charge in [0.2, 0.25) is 0 Å². The lowest BCUT2D eigenvalue weighted by molar-refractivity contribution is -0.142. The number of carbonyl (C=O) groups excluding carboxylic acids is 2. The molecule has 0 fully saturated rings. The first kappa shape index (κ1) is 34.3. The van der Waals surface area contributed by atoms with E-state index in [0.29, 0.717) is 18.8 Å². The van der Waals surface area contributed by atoms with E-state index in [0.717, 1.165) is 36.3 Å². The predicted octanol–water partition coefficient (Wildman–Crippen LogP) is 5.44. The minimum Gasteiger partial charge on any atom is -0.497 e. The van der Waals surface area contributed by atoms with Crippen molar-refractivity contribution in [2.75, 3.05) is 20.8 Å². The average Bonchev–Trinajstić information content (AvgIpc) is 2.95. The molecule has 0 heterocycles. The van der Waals surface area contributed by atoms with Crippen LogP contribution in [0.3, 0.4) is 0 Å². The predicted molar refractivity (Wildman–Crippen MR) is 152 cm³/mol. The Labute approximate surface area is 236 Å². The summed E-state index contributed by atoms with van der Waals surface area (Å²) in [6.07, 6.45) is 4.47. The molecular weight excluding hydrogens is 542 g/mol. The maximum atomic E-state index is 12.4. The average molecular weight is 584 g/mol. The topological polar surface area (TPSA) is 128 Å². The highest BCUT2D eigenvalue weighted by atomic mass is 32.2. The van der Waals surface area contributed by atoms with Gasteiger partial charge in [-0.3, -0.25) is 14.8 Å². The summed E-state index contributed by atoms with van der Waals surface area (Å²) in [7, 11) is -0.715. The third-order valence-corrected chi connectivity index (χ3v) is 9.08. The number of benzene rings is 2. The van der Waals surface area contributed by atoms with E-state index in [-0.39, 0.29) is 22.5 Å². The lowest BCUT2D eigenvalue weighted by Gasteiger charge is -2.15. The largest absolute Gasteiger partial charge is 0.497 e. The van der Waals surface area contributed by atoms with Crippen LogP contribution in [0.4, 0.5) is 0 Å². The van der Waals surface area contributed by atoms with Gasteiger partial charge in [-0.25, -0.2) is 13.9 Å².